The minimum atomic E-state index is 0.0668. The molecule has 0 aromatic heterocycles. The first-order valence-corrected chi connectivity index (χ1v) is 6.96. The Morgan fingerprint density at radius 3 is 2.65 bits per heavy atom. The van der Waals surface area contributed by atoms with Crippen LogP contribution in [0.25, 0.3) is 0 Å². The lowest BCUT2D eigenvalue weighted by molar-refractivity contribution is 0.139. The Morgan fingerprint density at radius 1 is 1.40 bits per heavy atom. The van der Waals surface area contributed by atoms with Gasteiger partial charge in [-0.2, -0.15) is 0 Å². The van der Waals surface area contributed by atoms with Gasteiger partial charge >= 0.3 is 0 Å². The number of benzene rings is 1. The van der Waals surface area contributed by atoms with Crippen LogP contribution in [0.5, 0.6) is 0 Å². The van der Waals surface area contributed by atoms with Crippen LogP contribution in [0.15, 0.2) is 23.4 Å². The summed E-state index contributed by atoms with van der Waals surface area (Å²) < 4.78 is 0. The molecule has 3 N–H and O–H groups in total. The molecule has 1 aliphatic rings. The summed E-state index contributed by atoms with van der Waals surface area (Å²) in [7, 11) is 2.14. The molecule has 2 rings (SSSR count). The molecule has 5 nitrogen and oxygen atoms in total. The first-order chi connectivity index (χ1) is 9.35. The minimum Gasteiger partial charge on any atom is -0.409 e. The van der Waals surface area contributed by atoms with Gasteiger partial charge in [-0.1, -0.05) is 16.8 Å². The quantitative estimate of drug-likeness (QED) is 0.379. The zero-order valence-electron chi connectivity index (χ0n) is 12.1. The highest BCUT2D eigenvalue weighted by Crippen LogP contribution is 2.31. The van der Waals surface area contributed by atoms with Crippen molar-refractivity contribution < 1.29 is 5.21 Å². The van der Waals surface area contributed by atoms with Gasteiger partial charge in [0.05, 0.1) is 10.7 Å². The molecule has 110 valence electrons. The van der Waals surface area contributed by atoms with Crippen LogP contribution in [-0.4, -0.2) is 48.2 Å². The third-order valence-corrected chi connectivity index (χ3v) is 4.31. The second kappa shape index (κ2) is 5.50. The summed E-state index contributed by atoms with van der Waals surface area (Å²) in [5.41, 5.74) is 7.29. The summed E-state index contributed by atoms with van der Waals surface area (Å²) in [4.78, 5) is 4.63. The Bertz CT molecular complexity index is 530. The number of nitrogens with zero attached hydrogens (tertiary/aromatic N) is 3. The van der Waals surface area contributed by atoms with Gasteiger partial charge in [0.1, 0.15) is 0 Å². The molecule has 20 heavy (non-hydrogen) atoms. The maximum absolute atomic E-state index is 8.70. The number of halogens is 1. The largest absolute Gasteiger partial charge is 0.409 e. The van der Waals surface area contributed by atoms with Crippen molar-refractivity contribution >= 4 is 23.1 Å². The molecular weight excluding hydrogens is 276 g/mol. The zero-order valence-corrected chi connectivity index (χ0v) is 12.9. The average Bonchev–Trinajstić information content (AvgIpc) is 2.41. The predicted molar refractivity (Wildman–Crippen MR) is 82.9 cm³/mol. The third kappa shape index (κ3) is 2.83. The van der Waals surface area contributed by atoms with Gasteiger partial charge in [-0.15, -0.1) is 0 Å². The van der Waals surface area contributed by atoms with Crippen molar-refractivity contribution in [3.63, 3.8) is 0 Å². The van der Waals surface area contributed by atoms with Crippen LogP contribution < -0.4 is 10.6 Å². The predicted octanol–water partition coefficient (Wildman–Crippen LogP) is 1.96. The molecule has 0 amide bonds. The molecule has 0 radical (unpaired) electrons. The highest BCUT2D eigenvalue weighted by molar-refractivity contribution is 6.33. The van der Waals surface area contributed by atoms with Crippen LogP contribution in [0, 0.1) is 0 Å². The summed E-state index contributed by atoms with van der Waals surface area (Å²) >= 11 is 6.35. The van der Waals surface area contributed by atoms with Crippen molar-refractivity contribution in [1.82, 2.24) is 4.90 Å². The molecule has 1 aliphatic heterocycles. The Labute approximate surface area is 124 Å². The lowest BCUT2D eigenvalue weighted by atomic mass is 9.99. The molecule has 1 fully saturated rings. The number of hydrogen-bond acceptors (Lipinski definition) is 4. The van der Waals surface area contributed by atoms with Gasteiger partial charge < -0.3 is 15.8 Å². The molecule has 1 aromatic carbocycles. The Morgan fingerprint density at radius 2 is 2.10 bits per heavy atom. The fourth-order valence-corrected chi connectivity index (χ4v) is 2.73. The summed E-state index contributed by atoms with van der Waals surface area (Å²) in [6, 6.07) is 5.48. The van der Waals surface area contributed by atoms with Crippen LogP contribution in [0.1, 0.15) is 19.4 Å². The Hall–Kier alpha value is -1.46. The molecule has 0 spiro atoms. The van der Waals surface area contributed by atoms with Crippen LogP contribution in [0.3, 0.4) is 0 Å². The van der Waals surface area contributed by atoms with Crippen molar-refractivity contribution in [2.45, 2.75) is 19.4 Å². The van der Waals surface area contributed by atoms with Crippen molar-refractivity contribution in [1.29, 1.82) is 0 Å². The second-order valence-electron chi connectivity index (χ2n) is 5.81. The van der Waals surface area contributed by atoms with E-state index in [9.17, 15) is 0 Å². The topological polar surface area (TPSA) is 65.1 Å². The van der Waals surface area contributed by atoms with E-state index in [1.807, 2.05) is 12.1 Å². The van der Waals surface area contributed by atoms with Crippen LogP contribution in [0.2, 0.25) is 5.02 Å². The molecule has 1 saturated heterocycles. The van der Waals surface area contributed by atoms with E-state index in [0.717, 1.165) is 25.3 Å². The first-order valence-electron chi connectivity index (χ1n) is 6.59. The smallest absolute Gasteiger partial charge is 0.170 e. The first kappa shape index (κ1) is 14.9. The maximum atomic E-state index is 8.70. The number of piperazine rings is 1. The van der Waals surface area contributed by atoms with E-state index in [1.165, 1.54) is 0 Å². The molecule has 0 saturated carbocycles. The van der Waals surface area contributed by atoms with Gasteiger partial charge in [-0.05, 0) is 39.1 Å². The molecule has 0 bridgehead atoms. The van der Waals surface area contributed by atoms with Gasteiger partial charge in [0.25, 0.3) is 0 Å². The number of oxime groups is 1. The number of hydrogen-bond donors (Lipinski definition) is 2. The van der Waals surface area contributed by atoms with Crippen molar-refractivity contribution in [2.75, 3.05) is 31.6 Å². The monoisotopic (exact) mass is 296 g/mol. The fourth-order valence-electron chi connectivity index (χ4n) is 2.43. The van der Waals surface area contributed by atoms with E-state index in [0.29, 0.717) is 10.6 Å². The number of rotatable bonds is 2. The third-order valence-electron chi connectivity index (χ3n) is 4.01. The highest BCUT2D eigenvalue weighted by atomic mass is 35.5. The van der Waals surface area contributed by atoms with E-state index in [1.54, 1.807) is 6.07 Å². The van der Waals surface area contributed by atoms with Gasteiger partial charge in [-0.3, -0.25) is 4.90 Å². The number of likely N-dealkylation sites (N-methyl/N-ethyl adjacent to an activating group) is 1. The normalized spacial score (nSPS) is 20.2. The van der Waals surface area contributed by atoms with Gasteiger partial charge in [-0.25, -0.2) is 0 Å². The lowest BCUT2D eigenvalue weighted by Crippen LogP contribution is -2.57. The van der Waals surface area contributed by atoms with Crippen molar-refractivity contribution in [2.24, 2.45) is 10.9 Å². The SMILES string of the molecule is CN1CCN(c2ccc(C(N)=NO)cc2Cl)CC1(C)C. The lowest BCUT2D eigenvalue weighted by Gasteiger charge is -2.46. The number of anilines is 1. The molecule has 0 aliphatic carbocycles. The summed E-state index contributed by atoms with van der Waals surface area (Å²) in [5, 5.41) is 12.3. The van der Waals surface area contributed by atoms with E-state index < -0.39 is 0 Å². The summed E-state index contributed by atoms with van der Waals surface area (Å²) in [6.07, 6.45) is 0. The molecule has 1 aromatic rings. The Balaban J connectivity index is 2.26. The van der Waals surface area contributed by atoms with Gasteiger partial charge in [0.2, 0.25) is 0 Å². The van der Waals surface area contributed by atoms with Gasteiger partial charge in [0, 0.05) is 30.7 Å². The standard InChI is InChI=1S/C14H21ClN4O/c1-14(2)9-19(7-6-18(14)3)12-5-4-10(8-11(12)15)13(16)17-20/h4-5,8,20H,6-7,9H2,1-3H3,(H2,16,17). The van der Waals surface area contributed by atoms with E-state index in [-0.39, 0.29) is 11.4 Å². The van der Waals surface area contributed by atoms with Crippen molar-refractivity contribution in [3.8, 4) is 0 Å². The van der Waals surface area contributed by atoms with E-state index >= 15 is 0 Å². The van der Waals surface area contributed by atoms with Crippen molar-refractivity contribution in [3.05, 3.63) is 28.8 Å². The van der Waals surface area contributed by atoms with Crippen LogP contribution in [-0.2, 0) is 0 Å². The number of amidine groups is 1. The molecule has 0 unspecified atom stereocenters. The van der Waals surface area contributed by atoms with Gasteiger partial charge in [0.15, 0.2) is 5.84 Å². The molecular formula is C14H21ClN4O. The maximum Gasteiger partial charge on any atom is 0.170 e. The van der Waals surface area contributed by atoms with Crippen LogP contribution in [0.4, 0.5) is 5.69 Å². The summed E-state index contributed by atoms with van der Waals surface area (Å²) in [6.45, 7) is 7.27. The molecule has 1 heterocycles. The second-order valence-corrected chi connectivity index (χ2v) is 6.21. The van der Waals surface area contributed by atoms with E-state index in [2.05, 4.69) is 35.9 Å². The molecule has 0 atom stereocenters. The average molecular weight is 297 g/mol. The zero-order chi connectivity index (χ0) is 14.9. The molecule has 6 heteroatoms. The minimum absolute atomic E-state index is 0.0668. The van der Waals surface area contributed by atoms with Crippen LogP contribution >= 0.6 is 11.6 Å². The highest BCUT2D eigenvalue weighted by Gasteiger charge is 2.31. The summed E-state index contributed by atoms with van der Waals surface area (Å²) in [5.74, 6) is 0.0668. The Kier molecular flexibility index (Phi) is 4.11. The van der Waals surface area contributed by atoms with E-state index in [4.69, 9.17) is 22.5 Å². The number of nitrogens with two attached hydrogens (primary N) is 1. The fraction of sp³-hybridized carbons (Fsp3) is 0.500.